The van der Waals surface area contributed by atoms with Gasteiger partial charge in [0.25, 0.3) is 5.56 Å². The van der Waals surface area contributed by atoms with Gasteiger partial charge in [0.05, 0.1) is 11.1 Å². The maximum Gasteiger partial charge on any atom is 0.272 e. The van der Waals surface area contributed by atoms with Crippen LogP contribution in [0.1, 0.15) is 22.8 Å². The highest BCUT2D eigenvalue weighted by Gasteiger charge is 2.16. The summed E-state index contributed by atoms with van der Waals surface area (Å²) in [5.41, 5.74) is 8.00. The van der Waals surface area contributed by atoms with Crippen LogP contribution in [-0.2, 0) is 6.42 Å². The SMILES string of the molecule is CCc1c(C(N)=O)cccc1-c1n[nH]c(=O)c2ccccc12. The van der Waals surface area contributed by atoms with Crippen molar-refractivity contribution >= 4 is 16.7 Å². The van der Waals surface area contributed by atoms with Gasteiger partial charge in [-0.3, -0.25) is 9.59 Å². The third-order valence-electron chi connectivity index (χ3n) is 3.75. The normalized spacial score (nSPS) is 10.8. The van der Waals surface area contributed by atoms with Gasteiger partial charge in [0.15, 0.2) is 0 Å². The molecule has 1 amide bonds. The maximum atomic E-state index is 11.9. The van der Waals surface area contributed by atoms with Gasteiger partial charge in [-0.1, -0.05) is 37.3 Å². The van der Waals surface area contributed by atoms with Crippen LogP contribution >= 0.6 is 0 Å². The van der Waals surface area contributed by atoms with Crippen molar-refractivity contribution in [2.75, 3.05) is 0 Å². The molecule has 0 aliphatic carbocycles. The number of H-pyrrole nitrogens is 1. The van der Waals surface area contributed by atoms with Crippen molar-refractivity contribution in [3.8, 4) is 11.3 Å². The van der Waals surface area contributed by atoms with Gasteiger partial charge < -0.3 is 5.73 Å². The molecule has 0 fully saturated rings. The van der Waals surface area contributed by atoms with E-state index in [1.807, 2.05) is 31.2 Å². The lowest BCUT2D eigenvalue weighted by molar-refractivity contribution is 0.0999. The second-order valence-corrected chi connectivity index (χ2v) is 5.00. The van der Waals surface area contributed by atoms with Crippen LogP contribution < -0.4 is 11.3 Å². The molecule has 0 atom stereocenters. The van der Waals surface area contributed by atoms with Gasteiger partial charge in [-0.25, -0.2) is 5.10 Å². The Balaban J connectivity index is 2.38. The van der Waals surface area contributed by atoms with E-state index in [2.05, 4.69) is 10.2 Å². The molecule has 1 aromatic heterocycles. The van der Waals surface area contributed by atoms with E-state index < -0.39 is 5.91 Å². The molecule has 0 unspecified atom stereocenters. The zero-order valence-corrected chi connectivity index (χ0v) is 12.1. The summed E-state index contributed by atoms with van der Waals surface area (Å²) < 4.78 is 0. The number of fused-ring (bicyclic) bond motifs is 1. The van der Waals surface area contributed by atoms with Crippen molar-refractivity contribution in [1.82, 2.24) is 10.2 Å². The minimum absolute atomic E-state index is 0.233. The molecule has 0 aliphatic heterocycles. The molecule has 3 rings (SSSR count). The molecule has 1 heterocycles. The van der Waals surface area contributed by atoms with E-state index in [9.17, 15) is 9.59 Å². The molecule has 5 heteroatoms. The van der Waals surface area contributed by atoms with Crippen LogP contribution in [0.25, 0.3) is 22.0 Å². The summed E-state index contributed by atoms with van der Waals surface area (Å²) in [5, 5.41) is 8.04. The van der Waals surface area contributed by atoms with Crippen molar-refractivity contribution in [2.45, 2.75) is 13.3 Å². The Labute approximate surface area is 126 Å². The average molecular weight is 293 g/mol. The summed E-state index contributed by atoms with van der Waals surface area (Å²) in [4.78, 5) is 23.5. The third kappa shape index (κ3) is 2.16. The van der Waals surface area contributed by atoms with Crippen LogP contribution in [0.3, 0.4) is 0 Å². The van der Waals surface area contributed by atoms with Crippen LogP contribution in [0.5, 0.6) is 0 Å². The molecule has 0 saturated carbocycles. The Morgan fingerprint density at radius 1 is 1.14 bits per heavy atom. The lowest BCUT2D eigenvalue weighted by atomic mass is 9.94. The highest BCUT2D eigenvalue weighted by Crippen LogP contribution is 2.29. The van der Waals surface area contributed by atoms with Gasteiger partial charge in [-0.15, -0.1) is 0 Å². The van der Waals surface area contributed by atoms with Crippen molar-refractivity contribution in [2.24, 2.45) is 5.73 Å². The van der Waals surface area contributed by atoms with E-state index in [0.29, 0.717) is 23.1 Å². The number of carbonyl (C=O) groups excluding carboxylic acids is 1. The smallest absolute Gasteiger partial charge is 0.272 e. The molecule has 22 heavy (non-hydrogen) atoms. The molecule has 110 valence electrons. The number of amides is 1. The molecular formula is C17H15N3O2. The fourth-order valence-electron chi connectivity index (χ4n) is 2.74. The van der Waals surface area contributed by atoms with Gasteiger partial charge in [-0.2, -0.15) is 5.10 Å². The van der Waals surface area contributed by atoms with Crippen LogP contribution in [0.15, 0.2) is 47.3 Å². The first-order valence-corrected chi connectivity index (χ1v) is 7.03. The predicted molar refractivity (Wildman–Crippen MR) is 85.7 cm³/mol. The van der Waals surface area contributed by atoms with E-state index >= 15 is 0 Å². The van der Waals surface area contributed by atoms with E-state index in [1.165, 1.54) is 0 Å². The van der Waals surface area contributed by atoms with Crippen LogP contribution in [0, 0.1) is 0 Å². The first-order valence-electron chi connectivity index (χ1n) is 7.03. The Kier molecular flexibility index (Phi) is 3.47. The standard InChI is InChI=1S/C17H15N3O2/c1-2-10-11(8-5-9-13(10)16(18)21)15-12-6-3-4-7-14(12)17(22)20-19-15/h3-9H,2H2,1H3,(H2,18,21)(H,20,22). The lowest BCUT2D eigenvalue weighted by Crippen LogP contribution is -2.15. The highest BCUT2D eigenvalue weighted by atomic mass is 16.1. The summed E-state index contributed by atoms with van der Waals surface area (Å²) in [6, 6.07) is 12.6. The number of hydrogen-bond acceptors (Lipinski definition) is 3. The summed E-state index contributed by atoms with van der Waals surface area (Å²) >= 11 is 0. The Bertz CT molecular complexity index is 929. The van der Waals surface area contributed by atoms with Crippen molar-refractivity contribution in [3.05, 3.63) is 63.9 Å². The van der Waals surface area contributed by atoms with Gasteiger partial charge in [-0.05, 0) is 24.1 Å². The second-order valence-electron chi connectivity index (χ2n) is 5.00. The molecule has 0 spiro atoms. The highest BCUT2D eigenvalue weighted by molar-refractivity contribution is 5.99. The van der Waals surface area contributed by atoms with E-state index in [4.69, 9.17) is 5.73 Å². The first kappa shape index (κ1) is 14.0. The number of aromatic amines is 1. The molecule has 0 radical (unpaired) electrons. The predicted octanol–water partition coefficient (Wildman–Crippen LogP) is 2.25. The molecule has 3 N–H and O–H groups in total. The number of rotatable bonds is 3. The summed E-state index contributed by atoms with van der Waals surface area (Å²) in [6.07, 6.45) is 0.642. The second kappa shape index (κ2) is 5.44. The van der Waals surface area contributed by atoms with Crippen LogP contribution in [0.2, 0.25) is 0 Å². The van der Waals surface area contributed by atoms with Crippen LogP contribution in [0.4, 0.5) is 0 Å². The number of aromatic nitrogens is 2. The molecule has 2 aromatic carbocycles. The van der Waals surface area contributed by atoms with Gasteiger partial charge in [0.2, 0.25) is 5.91 Å². The largest absolute Gasteiger partial charge is 0.366 e. The number of primary amides is 1. The molecule has 5 nitrogen and oxygen atoms in total. The number of hydrogen-bond donors (Lipinski definition) is 2. The lowest BCUT2D eigenvalue weighted by Gasteiger charge is -2.12. The van der Waals surface area contributed by atoms with Crippen molar-refractivity contribution in [3.63, 3.8) is 0 Å². The summed E-state index contributed by atoms with van der Waals surface area (Å²) in [6.45, 7) is 1.96. The number of benzene rings is 2. The molecule has 0 bridgehead atoms. The topological polar surface area (TPSA) is 88.8 Å². The number of nitrogens with one attached hydrogen (secondary N) is 1. The molecule has 0 aliphatic rings. The Morgan fingerprint density at radius 2 is 1.86 bits per heavy atom. The maximum absolute atomic E-state index is 11.9. The first-order chi connectivity index (χ1) is 10.6. The molecule has 0 saturated heterocycles. The van der Waals surface area contributed by atoms with Crippen molar-refractivity contribution in [1.29, 1.82) is 0 Å². The number of nitrogens with two attached hydrogens (primary N) is 1. The number of nitrogens with zero attached hydrogens (tertiary/aromatic N) is 1. The minimum Gasteiger partial charge on any atom is -0.366 e. The molecular weight excluding hydrogens is 278 g/mol. The summed E-state index contributed by atoms with van der Waals surface area (Å²) in [5.74, 6) is -0.465. The van der Waals surface area contributed by atoms with Crippen molar-refractivity contribution < 1.29 is 4.79 Å². The fourth-order valence-corrected chi connectivity index (χ4v) is 2.74. The van der Waals surface area contributed by atoms with Crippen LogP contribution in [-0.4, -0.2) is 16.1 Å². The number of carbonyl (C=O) groups is 1. The average Bonchev–Trinajstić information content (AvgIpc) is 2.54. The third-order valence-corrected chi connectivity index (χ3v) is 3.75. The fraction of sp³-hybridized carbons (Fsp3) is 0.118. The summed E-state index contributed by atoms with van der Waals surface area (Å²) in [7, 11) is 0. The van der Waals surface area contributed by atoms with Gasteiger partial charge in [0.1, 0.15) is 0 Å². The van der Waals surface area contributed by atoms with E-state index in [1.54, 1.807) is 18.2 Å². The quantitative estimate of drug-likeness (QED) is 0.776. The van der Waals surface area contributed by atoms with E-state index in [-0.39, 0.29) is 5.56 Å². The monoisotopic (exact) mass is 293 g/mol. The van der Waals surface area contributed by atoms with E-state index in [0.717, 1.165) is 16.5 Å². The zero-order chi connectivity index (χ0) is 15.7. The zero-order valence-electron chi connectivity index (χ0n) is 12.1. The molecule has 3 aromatic rings. The minimum atomic E-state index is -0.465. The van der Waals surface area contributed by atoms with Gasteiger partial charge in [0, 0.05) is 16.5 Å². The Hall–Kier alpha value is -2.95. The van der Waals surface area contributed by atoms with Gasteiger partial charge >= 0.3 is 0 Å². The Morgan fingerprint density at radius 3 is 2.55 bits per heavy atom.